The largest absolute Gasteiger partial charge is 0.483 e. The average Bonchev–Trinajstić information content (AvgIpc) is 2.90. The summed E-state index contributed by atoms with van der Waals surface area (Å²) in [6.07, 6.45) is 1.59. The van der Waals surface area contributed by atoms with E-state index in [1.165, 1.54) is 0 Å². The maximum atomic E-state index is 12.5. The van der Waals surface area contributed by atoms with Crippen molar-refractivity contribution < 1.29 is 14.2 Å². The third-order valence-corrected chi connectivity index (χ3v) is 5.76. The zero-order valence-corrected chi connectivity index (χ0v) is 20.0. The molecule has 0 spiro atoms. The number of hydrogen-bond donors (Lipinski definition) is 0. The third-order valence-electron chi connectivity index (χ3n) is 5.76. The Morgan fingerprint density at radius 2 is 1.26 bits per heavy atom. The molecule has 1 aromatic heterocycles. The Balaban J connectivity index is 1.45. The third kappa shape index (κ3) is 7.41. The Hall–Kier alpha value is -3.67. The van der Waals surface area contributed by atoms with Crippen LogP contribution in [-0.4, -0.2) is 17.3 Å². The van der Waals surface area contributed by atoms with Crippen molar-refractivity contribution in [3.63, 3.8) is 0 Å². The zero-order valence-electron chi connectivity index (χ0n) is 20.0. The van der Waals surface area contributed by atoms with Crippen molar-refractivity contribution in [3.8, 4) is 5.75 Å². The standard InChI is InChI=1S/C30H31NO4/c1-24-30(35-22-27-15-9-4-10-16-27)29(32)17-18-31(24)19-28(34-21-26-13-7-3-8-14-26)23-33-20-25-11-5-2-6-12-25/h2-18,28H,19-23H2,1H3. The van der Waals surface area contributed by atoms with E-state index in [4.69, 9.17) is 14.2 Å². The van der Waals surface area contributed by atoms with Crippen LogP contribution in [0.5, 0.6) is 5.75 Å². The van der Waals surface area contributed by atoms with Gasteiger partial charge in [0, 0.05) is 12.3 Å². The van der Waals surface area contributed by atoms with E-state index in [-0.39, 0.29) is 11.5 Å². The van der Waals surface area contributed by atoms with Crippen molar-refractivity contribution in [1.82, 2.24) is 4.57 Å². The minimum absolute atomic E-state index is 0.128. The van der Waals surface area contributed by atoms with Crippen LogP contribution in [0.3, 0.4) is 0 Å². The number of rotatable bonds is 12. The number of hydrogen-bond acceptors (Lipinski definition) is 4. The molecule has 0 aliphatic carbocycles. The summed E-state index contributed by atoms with van der Waals surface area (Å²) in [7, 11) is 0. The smallest absolute Gasteiger partial charge is 0.223 e. The number of aromatic nitrogens is 1. The van der Waals surface area contributed by atoms with Crippen LogP contribution >= 0.6 is 0 Å². The SMILES string of the molecule is Cc1c(OCc2ccccc2)c(=O)ccn1CC(COCc1ccccc1)OCc1ccccc1. The van der Waals surface area contributed by atoms with E-state index >= 15 is 0 Å². The minimum Gasteiger partial charge on any atom is -0.483 e. The van der Waals surface area contributed by atoms with Gasteiger partial charge < -0.3 is 18.8 Å². The van der Waals surface area contributed by atoms with Crippen LogP contribution in [0.15, 0.2) is 108 Å². The first kappa shape index (κ1) is 24.5. The number of ether oxygens (including phenoxy) is 3. The van der Waals surface area contributed by atoms with E-state index in [2.05, 4.69) is 0 Å². The van der Waals surface area contributed by atoms with Crippen molar-refractivity contribution in [2.24, 2.45) is 0 Å². The van der Waals surface area contributed by atoms with Crippen molar-refractivity contribution in [1.29, 1.82) is 0 Å². The predicted octanol–water partition coefficient (Wildman–Crippen LogP) is 5.54. The molecule has 0 N–H and O–H groups in total. The minimum atomic E-state index is -0.206. The summed E-state index contributed by atoms with van der Waals surface area (Å²) in [6, 6.07) is 31.5. The van der Waals surface area contributed by atoms with Crippen LogP contribution in [0.2, 0.25) is 0 Å². The lowest BCUT2D eigenvalue weighted by Crippen LogP contribution is -2.27. The fraction of sp³-hybridized carbons (Fsp3) is 0.233. The van der Waals surface area contributed by atoms with Crippen LogP contribution in [0.4, 0.5) is 0 Å². The molecule has 4 rings (SSSR count). The first-order valence-electron chi connectivity index (χ1n) is 11.8. The van der Waals surface area contributed by atoms with E-state index < -0.39 is 0 Å². The van der Waals surface area contributed by atoms with Gasteiger partial charge in [-0.05, 0) is 23.6 Å². The molecule has 1 atom stereocenters. The van der Waals surface area contributed by atoms with Crippen LogP contribution in [0, 0.1) is 6.92 Å². The Morgan fingerprint density at radius 1 is 0.714 bits per heavy atom. The summed E-state index contributed by atoms with van der Waals surface area (Å²) in [5, 5.41) is 0. The highest BCUT2D eigenvalue weighted by molar-refractivity contribution is 5.28. The molecular weight excluding hydrogens is 438 g/mol. The van der Waals surface area contributed by atoms with Gasteiger partial charge in [0.05, 0.1) is 38.2 Å². The lowest BCUT2D eigenvalue weighted by Gasteiger charge is -2.22. The fourth-order valence-electron chi connectivity index (χ4n) is 3.80. The number of pyridine rings is 1. The first-order valence-corrected chi connectivity index (χ1v) is 11.8. The van der Waals surface area contributed by atoms with Gasteiger partial charge in [-0.3, -0.25) is 4.79 Å². The maximum absolute atomic E-state index is 12.5. The Morgan fingerprint density at radius 3 is 1.86 bits per heavy atom. The predicted molar refractivity (Wildman–Crippen MR) is 137 cm³/mol. The van der Waals surface area contributed by atoms with E-state index in [0.717, 1.165) is 22.4 Å². The van der Waals surface area contributed by atoms with Crippen LogP contribution < -0.4 is 10.2 Å². The molecule has 0 fully saturated rings. The number of nitrogens with zero attached hydrogens (tertiary/aromatic N) is 1. The van der Waals surface area contributed by atoms with Crippen molar-refractivity contribution in [2.45, 2.75) is 39.4 Å². The molecule has 5 nitrogen and oxygen atoms in total. The van der Waals surface area contributed by atoms with Crippen LogP contribution in [-0.2, 0) is 35.8 Å². The topological polar surface area (TPSA) is 49.7 Å². The van der Waals surface area contributed by atoms with E-state index in [9.17, 15) is 4.79 Å². The summed E-state index contributed by atoms with van der Waals surface area (Å²) in [4.78, 5) is 12.5. The fourth-order valence-corrected chi connectivity index (χ4v) is 3.80. The van der Waals surface area contributed by atoms with Gasteiger partial charge in [-0.25, -0.2) is 0 Å². The zero-order chi connectivity index (χ0) is 24.3. The Bertz CT molecular complexity index is 1220. The van der Waals surface area contributed by atoms with Crippen molar-refractivity contribution in [2.75, 3.05) is 6.61 Å². The summed E-state index contributed by atoms with van der Waals surface area (Å²) in [6.45, 7) is 4.20. The van der Waals surface area contributed by atoms with Gasteiger partial charge in [0.15, 0.2) is 5.75 Å². The second-order valence-corrected chi connectivity index (χ2v) is 8.44. The van der Waals surface area contributed by atoms with Crippen molar-refractivity contribution >= 4 is 0 Å². The van der Waals surface area contributed by atoms with Crippen LogP contribution in [0.1, 0.15) is 22.4 Å². The second-order valence-electron chi connectivity index (χ2n) is 8.44. The van der Waals surface area contributed by atoms with E-state index in [1.807, 2.05) is 102 Å². The van der Waals surface area contributed by atoms with Gasteiger partial charge in [0.2, 0.25) is 5.43 Å². The lowest BCUT2D eigenvalue weighted by molar-refractivity contribution is -0.0376. The molecule has 0 amide bonds. The first-order chi connectivity index (χ1) is 17.2. The summed E-state index contributed by atoms with van der Waals surface area (Å²) in [5.74, 6) is 0.364. The molecule has 1 heterocycles. The van der Waals surface area contributed by atoms with Gasteiger partial charge in [0.1, 0.15) is 6.61 Å². The summed E-state index contributed by atoms with van der Waals surface area (Å²) in [5.41, 5.74) is 3.87. The van der Waals surface area contributed by atoms with Gasteiger partial charge in [-0.1, -0.05) is 91.0 Å². The number of benzene rings is 3. The molecule has 0 radical (unpaired) electrons. The van der Waals surface area contributed by atoms with Crippen LogP contribution in [0.25, 0.3) is 0 Å². The highest BCUT2D eigenvalue weighted by Gasteiger charge is 2.15. The maximum Gasteiger partial charge on any atom is 0.223 e. The van der Waals surface area contributed by atoms with Crippen molar-refractivity contribution in [3.05, 3.63) is 136 Å². The van der Waals surface area contributed by atoms with Gasteiger partial charge in [-0.2, -0.15) is 0 Å². The summed E-state index contributed by atoms with van der Waals surface area (Å²) >= 11 is 0. The molecule has 3 aromatic carbocycles. The molecule has 0 bridgehead atoms. The van der Waals surface area contributed by atoms with Gasteiger partial charge >= 0.3 is 0 Å². The molecule has 5 heteroatoms. The molecule has 1 unspecified atom stereocenters. The monoisotopic (exact) mass is 469 g/mol. The molecule has 0 saturated heterocycles. The van der Waals surface area contributed by atoms with E-state index in [1.54, 1.807) is 12.3 Å². The van der Waals surface area contributed by atoms with Gasteiger partial charge in [-0.15, -0.1) is 0 Å². The molecular formula is C30H31NO4. The molecule has 0 aliphatic rings. The lowest BCUT2D eigenvalue weighted by atomic mass is 10.2. The normalized spacial score (nSPS) is 11.8. The highest BCUT2D eigenvalue weighted by atomic mass is 16.5. The molecule has 0 aliphatic heterocycles. The summed E-state index contributed by atoms with van der Waals surface area (Å²) < 4.78 is 20.2. The Labute approximate surface area is 206 Å². The van der Waals surface area contributed by atoms with Gasteiger partial charge in [0.25, 0.3) is 0 Å². The molecule has 180 valence electrons. The molecule has 4 aromatic rings. The quantitative estimate of drug-likeness (QED) is 0.273. The molecule has 35 heavy (non-hydrogen) atoms. The highest BCUT2D eigenvalue weighted by Crippen LogP contribution is 2.16. The molecule has 0 saturated carbocycles. The Kier molecular flexibility index (Phi) is 8.87. The van der Waals surface area contributed by atoms with E-state index in [0.29, 0.717) is 38.7 Å². The average molecular weight is 470 g/mol. The second kappa shape index (κ2) is 12.7.